The third-order valence-corrected chi connectivity index (χ3v) is 4.33. The Hall–Kier alpha value is -2.80. The van der Waals surface area contributed by atoms with Gasteiger partial charge in [0, 0.05) is 37.1 Å². The third-order valence-electron chi connectivity index (χ3n) is 4.33. The van der Waals surface area contributed by atoms with Gasteiger partial charge in [0.2, 0.25) is 0 Å². The summed E-state index contributed by atoms with van der Waals surface area (Å²) < 4.78 is 7.21. The summed E-state index contributed by atoms with van der Waals surface area (Å²) in [7, 11) is 4.09. The van der Waals surface area contributed by atoms with Crippen LogP contribution in [0.25, 0.3) is 10.9 Å². The third kappa shape index (κ3) is 4.92. The average molecular weight is 383 g/mol. The lowest BCUT2D eigenvalue weighted by Gasteiger charge is -2.19. The molecule has 150 valence electrons. The van der Waals surface area contributed by atoms with E-state index in [-0.39, 0.29) is 6.09 Å². The lowest BCUT2D eigenvalue weighted by Crippen LogP contribution is -2.26. The molecule has 3 rings (SSSR count). The number of hydrogen-bond donors (Lipinski definition) is 2. The Bertz CT molecular complexity index is 936. The van der Waals surface area contributed by atoms with Crippen molar-refractivity contribution in [1.29, 1.82) is 0 Å². The fourth-order valence-corrected chi connectivity index (χ4v) is 3.01. The molecule has 0 spiro atoms. The molecule has 0 aliphatic rings. The van der Waals surface area contributed by atoms with Crippen LogP contribution in [0, 0.1) is 0 Å². The zero-order valence-corrected chi connectivity index (χ0v) is 17.2. The van der Waals surface area contributed by atoms with Crippen LogP contribution in [0.2, 0.25) is 0 Å². The summed E-state index contributed by atoms with van der Waals surface area (Å²) in [4.78, 5) is 22.1. The molecule has 2 heterocycles. The second kappa shape index (κ2) is 8.06. The minimum absolute atomic E-state index is 0.352. The van der Waals surface area contributed by atoms with Crippen LogP contribution in [-0.2, 0) is 17.7 Å². The SMILES string of the molecule is CN(C)CCc1cn(C(=O)OC(C)(C)C)c2ccc(CNc3ncc[nH]3)cc12. The Morgan fingerprint density at radius 2 is 2.11 bits per heavy atom. The van der Waals surface area contributed by atoms with E-state index >= 15 is 0 Å². The van der Waals surface area contributed by atoms with Crippen LogP contribution in [0.1, 0.15) is 31.9 Å². The lowest BCUT2D eigenvalue weighted by molar-refractivity contribution is 0.0544. The molecule has 0 atom stereocenters. The zero-order chi connectivity index (χ0) is 20.3. The number of anilines is 1. The Balaban J connectivity index is 1.92. The van der Waals surface area contributed by atoms with Crippen LogP contribution in [0.4, 0.5) is 10.7 Å². The van der Waals surface area contributed by atoms with Crippen molar-refractivity contribution in [2.24, 2.45) is 0 Å². The lowest BCUT2D eigenvalue weighted by atomic mass is 10.1. The summed E-state index contributed by atoms with van der Waals surface area (Å²) >= 11 is 0. The number of carbonyl (C=O) groups is 1. The molecule has 0 unspecified atom stereocenters. The Morgan fingerprint density at radius 1 is 1.32 bits per heavy atom. The van der Waals surface area contributed by atoms with Crippen LogP contribution in [0.15, 0.2) is 36.8 Å². The van der Waals surface area contributed by atoms with E-state index in [9.17, 15) is 4.79 Å². The van der Waals surface area contributed by atoms with Crippen molar-refractivity contribution < 1.29 is 9.53 Å². The second-order valence-corrected chi connectivity index (χ2v) is 8.20. The van der Waals surface area contributed by atoms with Gasteiger partial charge in [-0.15, -0.1) is 0 Å². The first-order valence-electron chi connectivity index (χ1n) is 9.47. The molecule has 0 saturated carbocycles. The molecule has 0 aliphatic carbocycles. The molecule has 2 aromatic heterocycles. The van der Waals surface area contributed by atoms with Gasteiger partial charge in [0.1, 0.15) is 5.60 Å². The Morgan fingerprint density at radius 3 is 2.75 bits per heavy atom. The smallest absolute Gasteiger partial charge is 0.419 e. The minimum Gasteiger partial charge on any atom is -0.443 e. The van der Waals surface area contributed by atoms with E-state index in [0.29, 0.717) is 6.54 Å². The first kappa shape index (κ1) is 19.9. The summed E-state index contributed by atoms with van der Waals surface area (Å²) in [5.74, 6) is 0.735. The summed E-state index contributed by atoms with van der Waals surface area (Å²) in [6.07, 6.45) is 5.91. The van der Waals surface area contributed by atoms with E-state index in [1.165, 1.54) is 0 Å². The van der Waals surface area contributed by atoms with Gasteiger partial charge in [-0.2, -0.15) is 0 Å². The highest BCUT2D eigenvalue weighted by atomic mass is 16.6. The van der Waals surface area contributed by atoms with E-state index in [4.69, 9.17) is 4.74 Å². The number of aromatic nitrogens is 3. The van der Waals surface area contributed by atoms with Crippen molar-refractivity contribution in [3.63, 3.8) is 0 Å². The fourth-order valence-electron chi connectivity index (χ4n) is 3.01. The molecule has 2 N–H and O–H groups in total. The number of H-pyrrole nitrogens is 1. The highest BCUT2D eigenvalue weighted by Crippen LogP contribution is 2.25. The van der Waals surface area contributed by atoms with Gasteiger partial charge in [-0.05, 0) is 64.5 Å². The van der Waals surface area contributed by atoms with E-state index in [2.05, 4.69) is 26.3 Å². The molecule has 0 aliphatic heterocycles. The number of benzene rings is 1. The highest BCUT2D eigenvalue weighted by molar-refractivity contribution is 5.92. The van der Waals surface area contributed by atoms with E-state index < -0.39 is 5.60 Å². The van der Waals surface area contributed by atoms with E-state index in [0.717, 1.165) is 40.9 Å². The van der Waals surface area contributed by atoms with Gasteiger partial charge >= 0.3 is 6.09 Å². The molecule has 0 saturated heterocycles. The maximum absolute atomic E-state index is 12.7. The van der Waals surface area contributed by atoms with Crippen molar-refractivity contribution in [2.75, 3.05) is 26.0 Å². The average Bonchev–Trinajstić information content (AvgIpc) is 3.24. The monoisotopic (exact) mass is 383 g/mol. The molecule has 28 heavy (non-hydrogen) atoms. The van der Waals surface area contributed by atoms with Gasteiger partial charge in [-0.25, -0.2) is 9.78 Å². The summed E-state index contributed by atoms with van der Waals surface area (Å²) in [6, 6.07) is 6.14. The summed E-state index contributed by atoms with van der Waals surface area (Å²) in [5.41, 5.74) is 2.58. The van der Waals surface area contributed by atoms with Crippen molar-refractivity contribution in [3.8, 4) is 0 Å². The molecule has 3 aromatic rings. The van der Waals surface area contributed by atoms with Crippen LogP contribution in [0.5, 0.6) is 0 Å². The topological polar surface area (TPSA) is 75.2 Å². The predicted molar refractivity (Wildman–Crippen MR) is 112 cm³/mol. The Kier molecular flexibility index (Phi) is 5.74. The quantitative estimate of drug-likeness (QED) is 0.676. The number of nitrogens with zero attached hydrogens (tertiary/aromatic N) is 3. The van der Waals surface area contributed by atoms with Crippen molar-refractivity contribution in [1.82, 2.24) is 19.4 Å². The zero-order valence-electron chi connectivity index (χ0n) is 17.2. The van der Waals surface area contributed by atoms with Crippen LogP contribution < -0.4 is 5.32 Å². The number of rotatable bonds is 6. The summed E-state index contributed by atoms with van der Waals surface area (Å²) in [5, 5.41) is 4.34. The van der Waals surface area contributed by atoms with Gasteiger partial charge < -0.3 is 19.9 Å². The van der Waals surface area contributed by atoms with Gasteiger partial charge in [-0.3, -0.25) is 4.57 Å². The maximum Gasteiger partial charge on any atom is 0.419 e. The molecular weight excluding hydrogens is 354 g/mol. The standard InChI is InChI=1S/C21H29N5O2/c1-21(2,3)28-20(27)26-14-16(8-11-25(4)5)17-12-15(6-7-18(17)26)13-24-19-22-9-10-23-19/h6-7,9-10,12,14H,8,11,13H2,1-5H3,(H2,22,23,24). The first-order valence-corrected chi connectivity index (χ1v) is 9.47. The van der Waals surface area contributed by atoms with Crippen molar-refractivity contribution in [3.05, 3.63) is 47.9 Å². The molecule has 1 aromatic carbocycles. The second-order valence-electron chi connectivity index (χ2n) is 8.20. The maximum atomic E-state index is 12.7. The molecule has 0 radical (unpaired) electrons. The van der Waals surface area contributed by atoms with Gasteiger partial charge in [0.05, 0.1) is 5.52 Å². The largest absolute Gasteiger partial charge is 0.443 e. The van der Waals surface area contributed by atoms with Gasteiger partial charge in [0.15, 0.2) is 5.95 Å². The molecule has 0 bridgehead atoms. The molecular formula is C21H29N5O2. The summed E-state index contributed by atoms with van der Waals surface area (Å²) in [6.45, 7) is 7.18. The molecule has 0 fully saturated rings. The molecule has 7 heteroatoms. The first-order chi connectivity index (χ1) is 13.2. The minimum atomic E-state index is -0.537. The highest BCUT2D eigenvalue weighted by Gasteiger charge is 2.21. The number of nitrogens with one attached hydrogen (secondary N) is 2. The predicted octanol–water partition coefficient (Wildman–Crippen LogP) is 3.86. The number of ether oxygens (including phenoxy) is 1. The van der Waals surface area contributed by atoms with Crippen LogP contribution in [0.3, 0.4) is 0 Å². The normalized spacial score (nSPS) is 11.9. The van der Waals surface area contributed by atoms with Gasteiger partial charge in [-0.1, -0.05) is 6.07 Å². The number of likely N-dealkylation sites (N-methyl/N-ethyl adjacent to an activating group) is 1. The van der Waals surface area contributed by atoms with Crippen molar-refractivity contribution in [2.45, 2.75) is 39.3 Å². The number of fused-ring (bicyclic) bond motifs is 1. The fraction of sp³-hybridized carbons (Fsp3) is 0.429. The number of hydrogen-bond acceptors (Lipinski definition) is 5. The van der Waals surface area contributed by atoms with Crippen molar-refractivity contribution >= 4 is 22.9 Å². The van der Waals surface area contributed by atoms with Crippen LogP contribution in [-0.4, -0.2) is 51.8 Å². The van der Waals surface area contributed by atoms with Gasteiger partial charge in [0.25, 0.3) is 0 Å². The Labute approximate surface area is 165 Å². The van der Waals surface area contributed by atoms with E-state index in [1.54, 1.807) is 17.0 Å². The molecule has 0 amide bonds. The number of carbonyl (C=O) groups excluding carboxylic acids is 1. The number of imidazole rings is 1. The van der Waals surface area contributed by atoms with E-state index in [1.807, 2.05) is 53.2 Å². The number of aromatic amines is 1. The van der Waals surface area contributed by atoms with Crippen LogP contribution >= 0.6 is 0 Å². The molecule has 7 nitrogen and oxygen atoms in total.